The molecule has 0 amide bonds. The van der Waals surface area contributed by atoms with E-state index in [9.17, 15) is 9.36 Å². The molecule has 0 heterocycles. The van der Waals surface area contributed by atoms with Crippen LogP contribution >= 0.6 is 7.60 Å². The fraction of sp³-hybridized carbons (Fsp3) is 0.769. The molecule has 1 atom stereocenters. The molecular formula is C13H23O5P. The third-order valence-corrected chi connectivity index (χ3v) is 4.88. The van der Waals surface area contributed by atoms with Crippen LogP contribution in [0.4, 0.5) is 0 Å². The molecule has 0 aromatic carbocycles. The summed E-state index contributed by atoms with van der Waals surface area (Å²) in [5, 5.41) is 0. The van der Waals surface area contributed by atoms with Crippen molar-refractivity contribution >= 4 is 13.6 Å². The third kappa shape index (κ3) is 5.47. The molecule has 19 heavy (non-hydrogen) atoms. The molecule has 0 fully saturated rings. The molecule has 5 nitrogen and oxygen atoms in total. The highest BCUT2D eigenvalue weighted by atomic mass is 31.2. The summed E-state index contributed by atoms with van der Waals surface area (Å²) in [6, 6.07) is 0. The summed E-state index contributed by atoms with van der Waals surface area (Å²) in [4.78, 5) is 11.1. The Morgan fingerprint density at radius 3 is 2.53 bits per heavy atom. The van der Waals surface area contributed by atoms with Crippen LogP contribution in [0.5, 0.6) is 0 Å². The molecule has 1 unspecified atom stereocenters. The number of allylic oxidation sites excluding steroid dienone is 1. The molecule has 0 N–H and O–H groups in total. The first-order valence-electron chi connectivity index (χ1n) is 6.75. The molecule has 0 aliphatic heterocycles. The predicted octanol–water partition coefficient (Wildman–Crippen LogP) is 3.29. The van der Waals surface area contributed by atoms with Crippen molar-refractivity contribution in [3.63, 3.8) is 0 Å². The number of carbonyl (C=O) groups excluding carboxylic acids is 1. The van der Waals surface area contributed by atoms with Crippen LogP contribution in [-0.2, 0) is 23.1 Å². The van der Waals surface area contributed by atoms with E-state index in [0.717, 1.165) is 24.8 Å². The zero-order valence-electron chi connectivity index (χ0n) is 11.9. The van der Waals surface area contributed by atoms with Crippen molar-refractivity contribution < 1.29 is 23.1 Å². The topological polar surface area (TPSA) is 61.8 Å². The molecule has 1 aliphatic rings. The number of hydrogen-bond donors (Lipinski definition) is 0. The maximum Gasteiger partial charge on any atom is 0.334 e. The van der Waals surface area contributed by atoms with Crippen molar-refractivity contribution in [1.29, 1.82) is 0 Å². The van der Waals surface area contributed by atoms with Crippen molar-refractivity contribution in [2.45, 2.75) is 46.1 Å². The van der Waals surface area contributed by atoms with Crippen LogP contribution in [0.2, 0.25) is 0 Å². The summed E-state index contributed by atoms with van der Waals surface area (Å²) in [5.74, 6) is -0.319. The van der Waals surface area contributed by atoms with Gasteiger partial charge in [0.2, 0.25) is 0 Å². The zero-order chi connectivity index (χ0) is 14.3. The Morgan fingerprint density at radius 1 is 1.37 bits per heavy atom. The van der Waals surface area contributed by atoms with E-state index in [2.05, 4.69) is 0 Å². The Hall–Kier alpha value is -0.640. The van der Waals surface area contributed by atoms with Gasteiger partial charge in [0.1, 0.15) is 6.10 Å². The molecule has 110 valence electrons. The van der Waals surface area contributed by atoms with E-state index in [1.165, 1.54) is 6.92 Å². The second-order valence-electron chi connectivity index (χ2n) is 4.41. The molecule has 0 saturated heterocycles. The number of rotatable bonds is 7. The van der Waals surface area contributed by atoms with Crippen molar-refractivity contribution in [3.8, 4) is 0 Å². The van der Waals surface area contributed by atoms with Crippen LogP contribution in [0.1, 0.15) is 40.0 Å². The number of hydrogen-bond acceptors (Lipinski definition) is 5. The van der Waals surface area contributed by atoms with Crippen LogP contribution in [-0.4, -0.2) is 31.4 Å². The lowest BCUT2D eigenvalue weighted by Gasteiger charge is -2.26. The standard InChI is InChI=1S/C13H23O5P/c1-4-16-19(15,17-5-2)10-12-8-6-7-9-13(12)18-11(3)14/h8,13H,4-7,9-10H2,1-3H3. The first kappa shape index (κ1) is 16.4. The van der Waals surface area contributed by atoms with Crippen molar-refractivity contribution in [2.75, 3.05) is 19.4 Å². The monoisotopic (exact) mass is 290 g/mol. The van der Waals surface area contributed by atoms with Gasteiger partial charge in [-0.3, -0.25) is 9.36 Å². The van der Waals surface area contributed by atoms with Crippen LogP contribution in [0.3, 0.4) is 0 Å². The Kier molecular flexibility index (Phi) is 6.76. The normalized spacial score (nSPS) is 19.9. The third-order valence-electron chi connectivity index (χ3n) is 2.83. The molecule has 0 saturated carbocycles. The minimum absolute atomic E-state index is 0.201. The van der Waals surface area contributed by atoms with E-state index in [0.29, 0.717) is 13.2 Å². The smallest absolute Gasteiger partial charge is 0.334 e. The van der Waals surface area contributed by atoms with Gasteiger partial charge in [0, 0.05) is 6.92 Å². The van der Waals surface area contributed by atoms with Crippen LogP contribution < -0.4 is 0 Å². The van der Waals surface area contributed by atoms with Crippen molar-refractivity contribution in [1.82, 2.24) is 0 Å². The minimum atomic E-state index is -3.13. The number of esters is 1. The molecule has 0 aromatic heterocycles. The van der Waals surface area contributed by atoms with E-state index in [4.69, 9.17) is 13.8 Å². The van der Waals surface area contributed by atoms with Crippen LogP contribution in [0, 0.1) is 0 Å². The van der Waals surface area contributed by atoms with E-state index < -0.39 is 7.60 Å². The molecule has 0 radical (unpaired) electrons. The highest BCUT2D eigenvalue weighted by molar-refractivity contribution is 7.54. The first-order chi connectivity index (χ1) is 9.00. The highest BCUT2D eigenvalue weighted by Gasteiger charge is 2.31. The molecule has 0 spiro atoms. The second kappa shape index (κ2) is 7.83. The molecule has 6 heteroatoms. The van der Waals surface area contributed by atoms with E-state index in [-0.39, 0.29) is 18.2 Å². The average Bonchev–Trinajstić information content (AvgIpc) is 2.31. The van der Waals surface area contributed by atoms with Gasteiger partial charge in [-0.2, -0.15) is 0 Å². The highest BCUT2D eigenvalue weighted by Crippen LogP contribution is 2.50. The quantitative estimate of drug-likeness (QED) is 0.409. The Bertz CT molecular complexity index is 367. The minimum Gasteiger partial charge on any atom is -0.458 e. The van der Waals surface area contributed by atoms with E-state index >= 15 is 0 Å². The van der Waals surface area contributed by atoms with Crippen LogP contribution in [0.15, 0.2) is 11.6 Å². The van der Waals surface area contributed by atoms with Gasteiger partial charge in [-0.15, -0.1) is 0 Å². The van der Waals surface area contributed by atoms with E-state index in [1.807, 2.05) is 6.08 Å². The Morgan fingerprint density at radius 2 is 2.00 bits per heavy atom. The molecular weight excluding hydrogens is 267 g/mol. The number of carbonyl (C=O) groups is 1. The summed E-state index contributed by atoms with van der Waals surface area (Å²) in [6.07, 6.45) is 4.54. The zero-order valence-corrected chi connectivity index (χ0v) is 12.8. The Labute approximate surface area is 114 Å². The first-order valence-corrected chi connectivity index (χ1v) is 8.47. The lowest BCUT2D eigenvalue weighted by Crippen LogP contribution is -2.24. The predicted molar refractivity (Wildman–Crippen MR) is 73.2 cm³/mol. The van der Waals surface area contributed by atoms with Gasteiger partial charge in [-0.05, 0) is 38.7 Å². The second-order valence-corrected chi connectivity index (χ2v) is 6.47. The fourth-order valence-corrected chi connectivity index (χ4v) is 3.98. The van der Waals surface area contributed by atoms with Crippen LogP contribution in [0.25, 0.3) is 0 Å². The van der Waals surface area contributed by atoms with Gasteiger partial charge in [-0.1, -0.05) is 6.08 Å². The van der Waals surface area contributed by atoms with Gasteiger partial charge in [0.25, 0.3) is 0 Å². The van der Waals surface area contributed by atoms with Crippen molar-refractivity contribution in [3.05, 3.63) is 11.6 Å². The summed E-state index contributed by atoms with van der Waals surface area (Å²) >= 11 is 0. The summed E-state index contributed by atoms with van der Waals surface area (Å²) in [5.41, 5.74) is 0.853. The average molecular weight is 290 g/mol. The lowest BCUT2D eigenvalue weighted by atomic mass is 9.98. The van der Waals surface area contributed by atoms with Gasteiger partial charge < -0.3 is 13.8 Å². The van der Waals surface area contributed by atoms with E-state index in [1.54, 1.807) is 13.8 Å². The summed E-state index contributed by atoms with van der Waals surface area (Å²) < 4.78 is 28.3. The molecule has 1 rings (SSSR count). The molecule has 0 aromatic rings. The lowest BCUT2D eigenvalue weighted by molar-refractivity contribution is -0.145. The molecule has 0 bridgehead atoms. The maximum atomic E-state index is 12.5. The summed E-state index contributed by atoms with van der Waals surface area (Å²) in [7, 11) is -3.13. The Balaban J connectivity index is 2.77. The largest absolute Gasteiger partial charge is 0.458 e. The van der Waals surface area contributed by atoms with Gasteiger partial charge >= 0.3 is 13.6 Å². The molecule has 1 aliphatic carbocycles. The van der Waals surface area contributed by atoms with Gasteiger partial charge in [-0.25, -0.2) is 0 Å². The SMILES string of the molecule is CCOP(=O)(CC1=CCCCC1OC(C)=O)OCC. The number of ether oxygens (including phenoxy) is 1. The van der Waals surface area contributed by atoms with Gasteiger partial charge in [0.05, 0.1) is 19.4 Å². The van der Waals surface area contributed by atoms with Gasteiger partial charge in [0.15, 0.2) is 0 Å². The fourth-order valence-electron chi connectivity index (χ4n) is 2.15. The summed E-state index contributed by atoms with van der Waals surface area (Å²) in [6.45, 7) is 5.62. The maximum absolute atomic E-state index is 12.5. The van der Waals surface area contributed by atoms with Crippen molar-refractivity contribution in [2.24, 2.45) is 0 Å².